The Balaban J connectivity index is 2.06. The topological polar surface area (TPSA) is 83.4 Å². The van der Waals surface area contributed by atoms with Crippen LogP contribution >= 0.6 is 0 Å². The van der Waals surface area contributed by atoms with E-state index in [0.29, 0.717) is 31.6 Å². The Kier molecular flexibility index (Phi) is 4.88. The molecule has 1 saturated heterocycles. The lowest BCUT2D eigenvalue weighted by molar-refractivity contribution is -0.155. The first-order valence-electron chi connectivity index (χ1n) is 7.33. The second-order valence-electron chi connectivity index (χ2n) is 5.63. The molecule has 6 nitrogen and oxygen atoms in total. The predicted molar refractivity (Wildman–Crippen MR) is 76.5 cm³/mol. The van der Waals surface area contributed by atoms with Gasteiger partial charge in [-0.05, 0) is 19.3 Å². The van der Waals surface area contributed by atoms with Crippen molar-refractivity contribution in [3.63, 3.8) is 0 Å². The highest BCUT2D eigenvalue weighted by Crippen LogP contribution is 2.35. The smallest absolute Gasteiger partial charge is 0.311 e. The second-order valence-corrected chi connectivity index (χ2v) is 5.63. The number of piperidine rings is 1. The fourth-order valence-corrected chi connectivity index (χ4v) is 3.00. The molecule has 1 aliphatic heterocycles. The number of hydrogen-bond donors (Lipinski definition) is 1. The maximum Gasteiger partial charge on any atom is 0.311 e. The molecule has 0 aliphatic carbocycles. The van der Waals surface area contributed by atoms with Gasteiger partial charge in [-0.3, -0.25) is 19.6 Å². The van der Waals surface area contributed by atoms with E-state index in [1.165, 1.54) is 0 Å². The number of amides is 1. The van der Waals surface area contributed by atoms with E-state index in [1.54, 1.807) is 23.5 Å². The third-order valence-corrected chi connectivity index (χ3v) is 4.06. The van der Waals surface area contributed by atoms with Crippen LogP contribution in [-0.4, -0.2) is 44.9 Å². The van der Waals surface area contributed by atoms with Gasteiger partial charge in [0.2, 0.25) is 5.91 Å². The van der Waals surface area contributed by atoms with Gasteiger partial charge in [-0.25, -0.2) is 0 Å². The van der Waals surface area contributed by atoms with Crippen molar-refractivity contribution in [2.75, 3.05) is 13.1 Å². The molecule has 6 heteroatoms. The standard InChI is InChI=1S/C15H21N3O3/c1-2-4-15(14(20)21)5-3-8-18(11-15)13(19)9-12-10-16-6-7-17-12/h6-7,10H,2-5,8-9,11H2,1H3,(H,20,21). The minimum absolute atomic E-state index is 0.0723. The molecule has 0 spiro atoms. The number of likely N-dealkylation sites (tertiary alicyclic amines) is 1. The lowest BCUT2D eigenvalue weighted by atomic mass is 9.76. The van der Waals surface area contributed by atoms with Crippen LogP contribution in [0.4, 0.5) is 0 Å². The van der Waals surface area contributed by atoms with Crippen molar-refractivity contribution >= 4 is 11.9 Å². The number of hydrogen-bond acceptors (Lipinski definition) is 4. The van der Waals surface area contributed by atoms with E-state index in [2.05, 4.69) is 9.97 Å². The van der Waals surface area contributed by atoms with E-state index in [-0.39, 0.29) is 12.3 Å². The molecule has 1 atom stereocenters. The molecule has 1 aromatic heterocycles. The first-order valence-corrected chi connectivity index (χ1v) is 7.33. The van der Waals surface area contributed by atoms with Gasteiger partial charge in [0.15, 0.2) is 0 Å². The fourth-order valence-electron chi connectivity index (χ4n) is 3.00. The van der Waals surface area contributed by atoms with Gasteiger partial charge in [-0.2, -0.15) is 0 Å². The van der Waals surface area contributed by atoms with E-state index in [0.717, 1.165) is 12.8 Å². The molecule has 1 amide bonds. The fraction of sp³-hybridized carbons (Fsp3) is 0.600. The first kappa shape index (κ1) is 15.4. The molecule has 0 saturated carbocycles. The summed E-state index contributed by atoms with van der Waals surface area (Å²) in [6.45, 7) is 2.90. The van der Waals surface area contributed by atoms with Crippen LogP contribution in [0.15, 0.2) is 18.6 Å². The number of carboxylic acids is 1. The van der Waals surface area contributed by atoms with E-state index in [4.69, 9.17) is 0 Å². The summed E-state index contributed by atoms with van der Waals surface area (Å²) in [4.78, 5) is 33.7. The molecule has 1 unspecified atom stereocenters. The van der Waals surface area contributed by atoms with Crippen LogP contribution in [0.25, 0.3) is 0 Å². The van der Waals surface area contributed by atoms with Gasteiger partial charge in [0.1, 0.15) is 0 Å². The summed E-state index contributed by atoms with van der Waals surface area (Å²) in [6.07, 6.45) is 7.65. The van der Waals surface area contributed by atoms with Crippen LogP contribution in [0.1, 0.15) is 38.3 Å². The van der Waals surface area contributed by atoms with Gasteiger partial charge in [0.25, 0.3) is 0 Å². The zero-order valence-electron chi connectivity index (χ0n) is 12.3. The summed E-state index contributed by atoms with van der Waals surface area (Å²) in [5, 5.41) is 9.55. The minimum Gasteiger partial charge on any atom is -0.481 e. The molecule has 1 aromatic rings. The highest BCUT2D eigenvalue weighted by molar-refractivity contribution is 5.81. The van der Waals surface area contributed by atoms with Crippen LogP contribution in [0.3, 0.4) is 0 Å². The Morgan fingerprint density at radius 1 is 1.43 bits per heavy atom. The molecular weight excluding hydrogens is 270 g/mol. The lowest BCUT2D eigenvalue weighted by Crippen LogP contribution is -2.50. The molecule has 2 rings (SSSR count). The van der Waals surface area contributed by atoms with Crippen molar-refractivity contribution in [1.82, 2.24) is 14.9 Å². The van der Waals surface area contributed by atoms with Crippen molar-refractivity contribution in [2.45, 2.75) is 39.0 Å². The van der Waals surface area contributed by atoms with Crippen molar-refractivity contribution in [1.29, 1.82) is 0 Å². The van der Waals surface area contributed by atoms with Crippen molar-refractivity contribution in [2.24, 2.45) is 5.41 Å². The summed E-state index contributed by atoms with van der Waals surface area (Å²) in [6, 6.07) is 0. The second kappa shape index (κ2) is 6.65. The van der Waals surface area contributed by atoms with Crippen LogP contribution < -0.4 is 0 Å². The summed E-state index contributed by atoms with van der Waals surface area (Å²) in [5.41, 5.74) is -0.171. The zero-order valence-corrected chi connectivity index (χ0v) is 12.3. The Bertz CT molecular complexity index is 502. The number of carbonyl (C=O) groups is 2. The van der Waals surface area contributed by atoms with Crippen LogP contribution in [0.5, 0.6) is 0 Å². The minimum atomic E-state index is -0.790. The largest absolute Gasteiger partial charge is 0.481 e. The average Bonchev–Trinajstić information content (AvgIpc) is 2.48. The molecule has 114 valence electrons. The van der Waals surface area contributed by atoms with Gasteiger partial charge in [0, 0.05) is 31.7 Å². The highest BCUT2D eigenvalue weighted by atomic mass is 16.4. The Labute approximate surface area is 124 Å². The van der Waals surface area contributed by atoms with Crippen molar-refractivity contribution in [3.8, 4) is 0 Å². The summed E-state index contributed by atoms with van der Waals surface area (Å²) in [5.74, 6) is -0.863. The number of aliphatic carboxylic acids is 1. The van der Waals surface area contributed by atoms with Crippen LogP contribution in [0.2, 0.25) is 0 Å². The molecule has 0 radical (unpaired) electrons. The average molecular weight is 291 g/mol. The van der Waals surface area contributed by atoms with Gasteiger partial charge in [0.05, 0.1) is 17.5 Å². The van der Waals surface area contributed by atoms with Gasteiger partial charge in [-0.15, -0.1) is 0 Å². The van der Waals surface area contributed by atoms with E-state index in [1.807, 2.05) is 6.92 Å². The third kappa shape index (κ3) is 3.56. The molecule has 0 aromatic carbocycles. The molecule has 1 fully saturated rings. The molecule has 21 heavy (non-hydrogen) atoms. The molecule has 1 N–H and O–H groups in total. The van der Waals surface area contributed by atoms with Gasteiger partial charge >= 0.3 is 5.97 Å². The van der Waals surface area contributed by atoms with Crippen molar-refractivity contribution in [3.05, 3.63) is 24.3 Å². The number of aromatic nitrogens is 2. The molecule has 1 aliphatic rings. The molecule has 0 bridgehead atoms. The monoisotopic (exact) mass is 291 g/mol. The third-order valence-electron chi connectivity index (χ3n) is 4.06. The summed E-state index contributed by atoms with van der Waals surface area (Å²) < 4.78 is 0. The quantitative estimate of drug-likeness (QED) is 0.889. The van der Waals surface area contributed by atoms with Crippen LogP contribution in [0, 0.1) is 5.41 Å². The zero-order chi connectivity index (χ0) is 15.3. The summed E-state index contributed by atoms with van der Waals surface area (Å²) in [7, 11) is 0. The number of carboxylic acid groups (broad SMARTS) is 1. The van der Waals surface area contributed by atoms with Gasteiger partial charge in [-0.1, -0.05) is 13.3 Å². The lowest BCUT2D eigenvalue weighted by Gasteiger charge is -2.40. The maximum absolute atomic E-state index is 12.3. The van der Waals surface area contributed by atoms with Gasteiger partial charge < -0.3 is 10.0 Å². The Hall–Kier alpha value is -1.98. The molecular formula is C15H21N3O3. The Morgan fingerprint density at radius 3 is 2.86 bits per heavy atom. The number of nitrogens with zero attached hydrogens (tertiary/aromatic N) is 3. The maximum atomic E-state index is 12.3. The van der Waals surface area contributed by atoms with E-state index < -0.39 is 11.4 Å². The predicted octanol–water partition coefficient (Wildman–Crippen LogP) is 1.51. The first-order chi connectivity index (χ1) is 10.1. The number of rotatable bonds is 5. The molecule has 2 heterocycles. The Morgan fingerprint density at radius 2 is 2.24 bits per heavy atom. The number of carbonyl (C=O) groups excluding carboxylic acids is 1. The normalized spacial score (nSPS) is 22.0. The SMILES string of the molecule is CCCC1(C(=O)O)CCCN(C(=O)Cc2cnccn2)C1. The van der Waals surface area contributed by atoms with Crippen molar-refractivity contribution < 1.29 is 14.7 Å². The highest BCUT2D eigenvalue weighted by Gasteiger charge is 2.42. The summed E-state index contributed by atoms with van der Waals surface area (Å²) >= 11 is 0. The van der Waals surface area contributed by atoms with Crippen LogP contribution in [-0.2, 0) is 16.0 Å². The van der Waals surface area contributed by atoms with E-state index in [9.17, 15) is 14.7 Å². The van der Waals surface area contributed by atoms with E-state index >= 15 is 0 Å².